The molecule has 4 nitrogen and oxygen atoms in total. The van der Waals surface area contributed by atoms with Crippen LogP contribution in [-0.4, -0.2) is 37.1 Å². The van der Waals surface area contributed by atoms with E-state index in [4.69, 9.17) is 0 Å². The lowest BCUT2D eigenvalue weighted by atomic mass is 10.1. The average molecular weight is 245 g/mol. The number of fused-ring (bicyclic) bond motifs is 1. The first kappa shape index (κ1) is 11.4. The van der Waals surface area contributed by atoms with Crippen molar-refractivity contribution in [3.05, 3.63) is 29.3 Å². The van der Waals surface area contributed by atoms with Crippen molar-refractivity contribution < 1.29 is 4.79 Å². The topological polar surface area (TPSA) is 44.4 Å². The van der Waals surface area contributed by atoms with E-state index in [1.807, 2.05) is 4.90 Å². The fraction of sp³-hybridized carbons (Fsp3) is 0.500. The highest BCUT2D eigenvalue weighted by atomic mass is 16.2. The number of hydrogen-bond donors (Lipinski definition) is 2. The van der Waals surface area contributed by atoms with Gasteiger partial charge < -0.3 is 15.5 Å². The molecule has 18 heavy (non-hydrogen) atoms. The Morgan fingerprint density at radius 1 is 1.28 bits per heavy atom. The minimum absolute atomic E-state index is 0.0609. The van der Waals surface area contributed by atoms with Crippen LogP contribution >= 0.6 is 0 Å². The number of rotatable bonds is 4. The molecule has 2 aliphatic rings. The van der Waals surface area contributed by atoms with Gasteiger partial charge in [0.1, 0.15) is 0 Å². The van der Waals surface area contributed by atoms with Crippen LogP contribution in [0, 0.1) is 0 Å². The van der Waals surface area contributed by atoms with Crippen molar-refractivity contribution in [1.82, 2.24) is 10.2 Å². The van der Waals surface area contributed by atoms with Crippen molar-refractivity contribution in [2.24, 2.45) is 0 Å². The molecule has 1 aliphatic carbocycles. The number of hydrogen-bond acceptors (Lipinski definition) is 2. The standard InChI is InChI=1S/C14H19N3O/c18-14-16-7-9-17(14)8-6-15-13-5-4-11-2-1-3-12(11)10-13/h4-5,10,15H,1-3,6-9H2,(H,16,18). The van der Waals surface area contributed by atoms with Crippen molar-refractivity contribution in [1.29, 1.82) is 0 Å². The van der Waals surface area contributed by atoms with Crippen LogP contribution in [0.25, 0.3) is 0 Å². The lowest BCUT2D eigenvalue weighted by molar-refractivity contribution is 0.219. The third-order valence-electron chi connectivity index (χ3n) is 3.75. The second-order valence-electron chi connectivity index (χ2n) is 4.98. The molecule has 3 rings (SSSR count). The maximum atomic E-state index is 11.4. The average Bonchev–Trinajstić information content (AvgIpc) is 2.98. The number of carbonyl (C=O) groups excluding carboxylic acids is 1. The molecule has 96 valence electrons. The van der Waals surface area contributed by atoms with Gasteiger partial charge in [-0.05, 0) is 42.5 Å². The molecule has 0 saturated carbocycles. The van der Waals surface area contributed by atoms with E-state index < -0.39 is 0 Å². The molecule has 1 aliphatic heterocycles. The second-order valence-corrected chi connectivity index (χ2v) is 4.98. The van der Waals surface area contributed by atoms with Crippen molar-refractivity contribution >= 4 is 11.7 Å². The van der Waals surface area contributed by atoms with Gasteiger partial charge in [-0.1, -0.05) is 6.07 Å². The summed E-state index contributed by atoms with van der Waals surface area (Å²) in [5.41, 5.74) is 4.16. The van der Waals surface area contributed by atoms with Gasteiger partial charge in [0.2, 0.25) is 0 Å². The van der Waals surface area contributed by atoms with E-state index >= 15 is 0 Å². The van der Waals surface area contributed by atoms with Gasteiger partial charge in [0.05, 0.1) is 0 Å². The first-order valence-corrected chi connectivity index (χ1v) is 6.71. The smallest absolute Gasteiger partial charge is 0.317 e. The zero-order chi connectivity index (χ0) is 12.4. The van der Waals surface area contributed by atoms with E-state index in [1.54, 1.807) is 0 Å². The van der Waals surface area contributed by atoms with Gasteiger partial charge in [-0.3, -0.25) is 0 Å². The summed E-state index contributed by atoms with van der Waals surface area (Å²) in [5, 5.41) is 6.21. The molecule has 0 atom stereocenters. The minimum atomic E-state index is 0.0609. The molecule has 0 spiro atoms. The normalized spacial score (nSPS) is 17.8. The second kappa shape index (κ2) is 4.88. The quantitative estimate of drug-likeness (QED) is 0.846. The summed E-state index contributed by atoms with van der Waals surface area (Å²) in [6.45, 7) is 3.18. The van der Waals surface area contributed by atoms with Crippen LogP contribution in [0.15, 0.2) is 18.2 Å². The van der Waals surface area contributed by atoms with E-state index in [9.17, 15) is 4.79 Å². The molecule has 1 aromatic carbocycles. The molecular formula is C14H19N3O. The molecule has 1 fully saturated rings. The highest BCUT2D eigenvalue weighted by Crippen LogP contribution is 2.24. The van der Waals surface area contributed by atoms with Gasteiger partial charge in [0, 0.05) is 31.9 Å². The Bertz CT molecular complexity index is 458. The number of urea groups is 1. The van der Waals surface area contributed by atoms with E-state index in [0.29, 0.717) is 0 Å². The summed E-state index contributed by atoms with van der Waals surface area (Å²) in [6.07, 6.45) is 3.72. The van der Waals surface area contributed by atoms with Crippen LogP contribution in [0.2, 0.25) is 0 Å². The summed E-state index contributed by atoms with van der Waals surface area (Å²) >= 11 is 0. The van der Waals surface area contributed by atoms with Crippen LogP contribution in [0.3, 0.4) is 0 Å². The molecule has 1 heterocycles. The summed E-state index contributed by atoms with van der Waals surface area (Å²) < 4.78 is 0. The molecule has 1 aromatic rings. The minimum Gasteiger partial charge on any atom is -0.383 e. The summed E-state index contributed by atoms with van der Waals surface area (Å²) in [7, 11) is 0. The third kappa shape index (κ3) is 2.28. The van der Waals surface area contributed by atoms with Gasteiger partial charge in [0.15, 0.2) is 0 Å². The summed E-state index contributed by atoms with van der Waals surface area (Å²) in [6, 6.07) is 6.69. The molecule has 4 heteroatoms. The number of carbonyl (C=O) groups is 1. The monoisotopic (exact) mass is 245 g/mol. The van der Waals surface area contributed by atoms with Crippen LogP contribution in [0.5, 0.6) is 0 Å². The van der Waals surface area contributed by atoms with E-state index in [-0.39, 0.29) is 6.03 Å². The molecule has 2 amide bonds. The van der Waals surface area contributed by atoms with Gasteiger partial charge >= 0.3 is 6.03 Å². The predicted octanol–water partition coefficient (Wildman–Crippen LogP) is 1.61. The van der Waals surface area contributed by atoms with Gasteiger partial charge in [0.25, 0.3) is 0 Å². The maximum absolute atomic E-state index is 11.4. The zero-order valence-corrected chi connectivity index (χ0v) is 10.5. The molecule has 0 bridgehead atoms. The third-order valence-corrected chi connectivity index (χ3v) is 3.75. The Labute approximate surface area is 107 Å². The summed E-state index contributed by atoms with van der Waals surface area (Å²) in [4.78, 5) is 13.2. The lowest BCUT2D eigenvalue weighted by Gasteiger charge is -2.15. The van der Waals surface area contributed by atoms with E-state index in [2.05, 4.69) is 28.8 Å². The number of aryl methyl sites for hydroxylation is 2. The van der Waals surface area contributed by atoms with Gasteiger partial charge in [-0.25, -0.2) is 4.79 Å². The molecule has 0 aromatic heterocycles. The van der Waals surface area contributed by atoms with Crippen molar-refractivity contribution in [3.8, 4) is 0 Å². The van der Waals surface area contributed by atoms with Crippen LogP contribution in [0.1, 0.15) is 17.5 Å². The van der Waals surface area contributed by atoms with Gasteiger partial charge in [-0.15, -0.1) is 0 Å². The Balaban J connectivity index is 1.52. The number of nitrogens with one attached hydrogen (secondary N) is 2. The maximum Gasteiger partial charge on any atom is 0.317 e. The predicted molar refractivity (Wildman–Crippen MR) is 71.9 cm³/mol. The first-order valence-electron chi connectivity index (χ1n) is 6.71. The lowest BCUT2D eigenvalue weighted by Crippen LogP contribution is -2.32. The molecule has 0 radical (unpaired) electrons. The highest BCUT2D eigenvalue weighted by Gasteiger charge is 2.18. The number of benzene rings is 1. The highest BCUT2D eigenvalue weighted by molar-refractivity contribution is 5.76. The molecule has 1 saturated heterocycles. The SMILES string of the molecule is O=C1NCCN1CCNc1ccc2c(c1)CCC2. The Kier molecular flexibility index (Phi) is 3.09. The molecule has 0 unspecified atom stereocenters. The van der Waals surface area contributed by atoms with E-state index in [0.717, 1.165) is 26.2 Å². The fourth-order valence-electron chi connectivity index (χ4n) is 2.74. The van der Waals surface area contributed by atoms with Crippen molar-refractivity contribution in [2.45, 2.75) is 19.3 Å². The summed E-state index contributed by atoms with van der Waals surface area (Å²) in [5.74, 6) is 0. The Morgan fingerprint density at radius 3 is 3.00 bits per heavy atom. The zero-order valence-electron chi connectivity index (χ0n) is 10.5. The Morgan fingerprint density at radius 2 is 2.17 bits per heavy atom. The number of amides is 2. The molecule has 2 N–H and O–H groups in total. The van der Waals surface area contributed by atoms with Crippen molar-refractivity contribution in [3.63, 3.8) is 0 Å². The molecular weight excluding hydrogens is 226 g/mol. The first-order chi connectivity index (χ1) is 8.83. The van der Waals surface area contributed by atoms with Crippen LogP contribution in [-0.2, 0) is 12.8 Å². The van der Waals surface area contributed by atoms with Crippen LogP contribution in [0.4, 0.5) is 10.5 Å². The van der Waals surface area contributed by atoms with Crippen LogP contribution < -0.4 is 10.6 Å². The Hall–Kier alpha value is -1.71. The van der Waals surface area contributed by atoms with Gasteiger partial charge in [-0.2, -0.15) is 0 Å². The fourth-order valence-corrected chi connectivity index (χ4v) is 2.74. The number of nitrogens with zero attached hydrogens (tertiary/aromatic N) is 1. The number of anilines is 1. The van der Waals surface area contributed by atoms with E-state index in [1.165, 1.54) is 36.1 Å². The van der Waals surface area contributed by atoms with Crippen molar-refractivity contribution in [2.75, 3.05) is 31.5 Å². The largest absolute Gasteiger partial charge is 0.383 e.